The minimum atomic E-state index is 0.401. The Hall–Kier alpha value is -1.87. The van der Waals surface area contributed by atoms with Crippen molar-refractivity contribution >= 4 is 22.5 Å². The summed E-state index contributed by atoms with van der Waals surface area (Å²) >= 11 is 6.00. The Morgan fingerprint density at radius 1 is 1.19 bits per heavy atom. The number of rotatable bonds is 3. The van der Waals surface area contributed by atoms with Crippen LogP contribution in [0.4, 0.5) is 0 Å². The van der Waals surface area contributed by atoms with Gasteiger partial charge in [0.25, 0.3) is 0 Å². The first kappa shape index (κ1) is 14.1. The average Bonchev–Trinajstić information content (AvgIpc) is 2.80. The molecule has 0 N–H and O–H groups in total. The van der Waals surface area contributed by atoms with Gasteiger partial charge in [0, 0.05) is 11.1 Å². The van der Waals surface area contributed by atoms with Gasteiger partial charge in [0.1, 0.15) is 0 Å². The van der Waals surface area contributed by atoms with Gasteiger partial charge in [-0.25, -0.2) is 4.68 Å². The number of benzene rings is 1. The molecule has 3 aromatic rings. The molecule has 0 amide bonds. The van der Waals surface area contributed by atoms with Gasteiger partial charge in [-0.15, -0.1) is 11.6 Å². The normalized spacial score (nSPS) is 11.2. The lowest BCUT2D eigenvalue weighted by Crippen LogP contribution is -2.03. The quantitative estimate of drug-likeness (QED) is 0.674. The predicted molar refractivity (Wildman–Crippen MR) is 87.3 cm³/mol. The molecule has 0 saturated carbocycles. The fraction of sp³-hybridized carbons (Fsp3) is 0.294. The number of fused-ring (bicyclic) bond motifs is 1. The number of nitrogens with zero attached hydrogens (tertiary/aromatic N) is 3. The third kappa shape index (κ3) is 2.32. The molecule has 0 bridgehead atoms. The standard InChI is InChI=1S/C17H18ClN3/c1-4-14-11(2)20-21(12(14)3)17-9-13(10-18)19-16-8-6-5-7-15(16)17/h5-9H,4,10H2,1-3H3. The van der Waals surface area contributed by atoms with Gasteiger partial charge < -0.3 is 0 Å². The van der Waals surface area contributed by atoms with Crippen molar-refractivity contribution in [1.82, 2.24) is 14.8 Å². The SMILES string of the molecule is CCc1c(C)nn(-c2cc(CCl)nc3ccccc23)c1C. The minimum Gasteiger partial charge on any atom is -0.251 e. The molecule has 0 saturated heterocycles. The highest BCUT2D eigenvalue weighted by atomic mass is 35.5. The van der Waals surface area contributed by atoms with Crippen LogP contribution in [0.3, 0.4) is 0 Å². The molecule has 2 aromatic heterocycles. The largest absolute Gasteiger partial charge is 0.251 e. The highest BCUT2D eigenvalue weighted by Crippen LogP contribution is 2.26. The summed E-state index contributed by atoms with van der Waals surface area (Å²) in [5, 5.41) is 5.82. The monoisotopic (exact) mass is 299 g/mol. The van der Waals surface area contributed by atoms with Gasteiger partial charge in [0.15, 0.2) is 0 Å². The van der Waals surface area contributed by atoms with Crippen LogP contribution < -0.4 is 0 Å². The molecule has 0 aliphatic heterocycles. The Balaban J connectivity index is 2.34. The van der Waals surface area contributed by atoms with E-state index >= 15 is 0 Å². The predicted octanol–water partition coefficient (Wildman–Crippen LogP) is 4.34. The molecule has 0 radical (unpaired) electrons. The van der Waals surface area contributed by atoms with Crippen LogP contribution in [0.15, 0.2) is 30.3 Å². The molecular weight excluding hydrogens is 282 g/mol. The summed E-state index contributed by atoms with van der Waals surface area (Å²) in [6.45, 7) is 6.35. The first-order chi connectivity index (χ1) is 10.2. The lowest BCUT2D eigenvalue weighted by Gasteiger charge is -2.10. The number of para-hydroxylation sites is 1. The van der Waals surface area contributed by atoms with Crippen LogP contribution in [0.25, 0.3) is 16.6 Å². The van der Waals surface area contributed by atoms with Crippen molar-refractivity contribution in [2.75, 3.05) is 0 Å². The fourth-order valence-electron chi connectivity index (χ4n) is 2.88. The van der Waals surface area contributed by atoms with Crippen molar-refractivity contribution in [3.8, 4) is 5.69 Å². The van der Waals surface area contributed by atoms with Crippen LogP contribution in [-0.2, 0) is 12.3 Å². The van der Waals surface area contributed by atoms with E-state index in [0.717, 1.165) is 34.4 Å². The Kier molecular flexibility index (Phi) is 3.68. The van der Waals surface area contributed by atoms with Crippen LogP contribution in [0.1, 0.15) is 29.6 Å². The Morgan fingerprint density at radius 2 is 1.95 bits per heavy atom. The second-order valence-corrected chi connectivity index (χ2v) is 5.47. The fourth-order valence-corrected chi connectivity index (χ4v) is 3.01. The van der Waals surface area contributed by atoms with E-state index in [9.17, 15) is 0 Å². The Bertz CT molecular complexity index is 805. The van der Waals surface area contributed by atoms with Gasteiger partial charge in [-0.05, 0) is 38.0 Å². The van der Waals surface area contributed by atoms with Crippen molar-refractivity contribution < 1.29 is 0 Å². The molecule has 3 rings (SSSR count). The third-order valence-corrected chi connectivity index (χ3v) is 4.18. The number of hydrogen-bond acceptors (Lipinski definition) is 2. The molecule has 0 spiro atoms. The Morgan fingerprint density at radius 3 is 2.62 bits per heavy atom. The van der Waals surface area contributed by atoms with Crippen molar-refractivity contribution in [2.24, 2.45) is 0 Å². The van der Waals surface area contributed by atoms with Crippen molar-refractivity contribution in [3.05, 3.63) is 53.0 Å². The van der Waals surface area contributed by atoms with Gasteiger partial charge in [-0.1, -0.05) is 25.1 Å². The number of aromatic nitrogens is 3. The van der Waals surface area contributed by atoms with Gasteiger partial charge in [-0.2, -0.15) is 5.10 Å². The summed E-state index contributed by atoms with van der Waals surface area (Å²) in [6.07, 6.45) is 0.989. The van der Waals surface area contributed by atoms with E-state index in [0.29, 0.717) is 5.88 Å². The highest BCUT2D eigenvalue weighted by molar-refractivity contribution is 6.17. The van der Waals surface area contributed by atoms with Crippen LogP contribution in [-0.4, -0.2) is 14.8 Å². The average molecular weight is 300 g/mol. The van der Waals surface area contributed by atoms with Crippen LogP contribution in [0.5, 0.6) is 0 Å². The second-order valence-electron chi connectivity index (χ2n) is 5.20. The van der Waals surface area contributed by atoms with Gasteiger partial charge in [0.05, 0.1) is 28.5 Å². The number of alkyl halides is 1. The van der Waals surface area contributed by atoms with E-state index in [4.69, 9.17) is 16.7 Å². The topological polar surface area (TPSA) is 30.7 Å². The van der Waals surface area contributed by atoms with E-state index in [1.54, 1.807) is 0 Å². The summed E-state index contributed by atoms with van der Waals surface area (Å²) in [5.74, 6) is 0.401. The third-order valence-electron chi connectivity index (χ3n) is 3.91. The maximum atomic E-state index is 6.00. The first-order valence-corrected chi connectivity index (χ1v) is 7.69. The summed E-state index contributed by atoms with van der Waals surface area (Å²) in [5.41, 5.74) is 6.46. The minimum absolute atomic E-state index is 0.401. The number of hydrogen-bond donors (Lipinski definition) is 0. The molecule has 0 aliphatic carbocycles. The van der Waals surface area contributed by atoms with E-state index in [1.165, 1.54) is 11.3 Å². The van der Waals surface area contributed by atoms with E-state index in [2.05, 4.69) is 31.8 Å². The van der Waals surface area contributed by atoms with Gasteiger partial charge in [-0.3, -0.25) is 4.98 Å². The van der Waals surface area contributed by atoms with Gasteiger partial charge >= 0.3 is 0 Å². The summed E-state index contributed by atoms with van der Waals surface area (Å²) < 4.78 is 2.02. The molecule has 0 aliphatic rings. The number of halogens is 1. The highest BCUT2D eigenvalue weighted by Gasteiger charge is 2.14. The molecule has 21 heavy (non-hydrogen) atoms. The molecule has 0 fully saturated rings. The van der Waals surface area contributed by atoms with Crippen molar-refractivity contribution in [3.63, 3.8) is 0 Å². The van der Waals surface area contributed by atoms with Crippen LogP contribution >= 0.6 is 11.6 Å². The zero-order chi connectivity index (χ0) is 15.0. The maximum absolute atomic E-state index is 6.00. The molecule has 0 unspecified atom stereocenters. The van der Waals surface area contributed by atoms with E-state index in [-0.39, 0.29) is 0 Å². The zero-order valence-corrected chi connectivity index (χ0v) is 13.3. The first-order valence-electron chi connectivity index (χ1n) is 7.15. The molecule has 108 valence electrons. The smallest absolute Gasteiger partial charge is 0.0761 e. The lowest BCUT2D eigenvalue weighted by molar-refractivity contribution is 0.835. The number of aryl methyl sites for hydroxylation is 1. The van der Waals surface area contributed by atoms with Crippen molar-refractivity contribution in [2.45, 2.75) is 33.1 Å². The molecule has 2 heterocycles. The molecule has 3 nitrogen and oxygen atoms in total. The summed E-state index contributed by atoms with van der Waals surface area (Å²) in [7, 11) is 0. The number of pyridine rings is 1. The maximum Gasteiger partial charge on any atom is 0.0761 e. The second kappa shape index (κ2) is 5.49. The molecule has 1 aromatic carbocycles. The van der Waals surface area contributed by atoms with Crippen LogP contribution in [0.2, 0.25) is 0 Å². The van der Waals surface area contributed by atoms with Crippen LogP contribution in [0, 0.1) is 13.8 Å². The summed E-state index contributed by atoms with van der Waals surface area (Å²) in [4.78, 5) is 4.59. The van der Waals surface area contributed by atoms with Gasteiger partial charge in [0.2, 0.25) is 0 Å². The Labute approximate surface area is 129 Å². The molecule has 0 atom stereocenters. The zero-order valence-electron chi connectivity index (χ0n) is 12.5. The lowest BCUT2D eigenvalue weighted by atomic mass is 10.1. The van der Waals surface area contributed by atoms with E-state index < -0.39 is 0 Å². The summed E-state index contributed by atoms with van der Waals surface area (Å²) in [6, 6.07) is 10.2. The van der Waals surface area contributed by atoms with Crippen molar-refractivity contribution in [1.29, 1.82) is 0 Å². The molecule has 4 heteroatoms. The molecular formula is C17H18ClN3. The van der Waals surface area contributed by atoms with E-state index in [1.807, 2.05) is 28.9 Å².